The van der Waals surface area contributed by atoms with Crippen LogP contribution in [0.3, 0.4) is 0 Å². The predicted molar refractivity (Wildman–Crippen MR) is 172 cm³/mol. The molecule has 0 spiro atoms. The minimum atomic E-state index is 0.814. The van der Waals surface area contributed by atoms with Gasteiger partial charge in [0.25, 0.3) is 0 Å². The van der Waals surface area contributed by atoms with Gasteiger partial charge >= 0.3 is 0 Å². The summed E-state index contributed by atoms with van der Waals surface area (Å²) in [5.41, 5.74) is 6.11. The standard InChI is InChI=1S/C26H32N6.C8H17N/c1-27-26-23-19-31(18-20-6-4-3-5-7-20)13-12-24(23)28-25(29-26)21-8-10-22(11-9-21)32-16-14-30(2)15-17-32;1-3-9(4-2)8-6-5-7-8/h3-11H,12-19H2,1-2H3,(H,27,28,29);8H,3-7H2,1-2H3. The van der Waals surface area contributed by atoms with Crippen molar-refractivity contribution in [3.63, 3.8) is 0 Å². The van der Waals surface area contributed by atoms with E-state index in [1.807, 2.05) is 7.05 Å². The summed E-state index contributed by atoms with van der Waals surface area (Å²) in [7, 11) is 4.15. The summed E-state index contributed by atoms with van der Waals surface area (Å²) in [4.78, 5) is 19.8. The molecule has 2 aliphatic heterocycles. The molecular formula is C34H49N7. The number of hydrogen-bond acceptors (Lipinski definition) is 7. The van der Waals surface area contributed by atoms with E-state index in [0.717, 1.165) is 75.5 Å². The highest BCUT2D eigenvalue weighted by Crippen LogP contribution is 2.29. The van der Waals surface area contributed by atoms with Crippen LogP contribution in [-0.4, -0.2) is 90.6 Å². The molecule has 1 saturated carbocycles. The fourth-order valence-electron chi connectivity index (χ4n) is 6.16. The van der Waals surface area contributed by atoms with Gasteiger partial charge in [-0.25, -0.2) is 9.97 Å². The molecule has 41 heavy (non-hydrogen) atoms. The normalized spacial score (nSPS) is 17.9. The topological polar surface area (TPSA) is 50.8 Å². The molecule has 0 bridgehead atoms. The summed E-state index contributed by atoms with van der Waals surface area (Å²) >= 11 is 0. The molecule has 3 aromatic rings. The molecule has 1 aliphatic carbocycles. The highest BCUT2D eigenvalue weighted by Gasteiger charge is 2.23. The minimum Gasteiger partial charge on any atom is -0.373 e. The van der Waals surface area contributed by atoms with Gasteiger partial charge in [-0.3, -0.25) is 4.90 Å². The first-order chi connectivity index (χ1) is 20.1. The lowest BCUT2D eigenvalue weighted by molar-refractivity contribution is 0.141. The molecule has 1 aromatic heterocycles. The number of nitrogens with one attached hydrogen (secondary N) is 1. The highest BCUT2D eigenvalue weighted by atomic mass is 15.2. The molecule has 0 atom stereocenters. The fraction of sp³-hybridized carbons (Fsp3) is 0.529. The lowest BCUT2D eigenvalue weighted by Gasteiger charge is -2.35. The van der Waals surface area contributed by atoms with E-state index in [0.29, 0.717) is 0 Å². The smallest absolute Gasteiger partial charge is 0.161 e. The number of hydrogen-bond donors (Lipinski definition) is 1. The molecule has 6 rings (SSSR count). The van der Waals surface area contributed by atoms with Crippen LogP contribution >= 0.6 is 0 Å². The van der Waals surface area contributed by atoms with Crippen LogP contribution in [0.15, 0.2) is 54.6 Å². The second-order valence-corrected chi connectivity index (χ2v) is 11.7. The Balaban J connectivity index is 0.000000321. The number of benzene rings is 2. The van der Waals surface area contributed by atoms with Crippen LogP contribution in [0.1, 0.15) is 49.9 Å². The minimum absolute atomic E-state index is 0.814. The number of anilines is 2. The lowest BCUT2D eigenvalue weighted by atomic mass is 9.91. The van der Waals surface area contributed by atoms with Crippen LogP contribution < -0.4 is 10.2 Å². The van der Waals surface area contributed by atoms with E-state index < -0.39 is 0 Å². The molecule has 2 aromatic carbocycles. The van der Waals surface area contributed by atoms with Crippen molar-refractivity contribution in [3.05, 3.63) is 71.4 Å². The van der Waals surface area contributed by atoms with Gasteiger partial charge in [-0.15, -0.1) is 0 Å². The van der Waals surface area contributed by atoms with Crippen LogP contribution in [-0.2, 0) is 19.5 Å². The van der Waals surface area contributed by atoms with Crippen LogP contribution in [0.4, 0.5) is 11.5 Å². The first kappa shape index (κ1) is 29.5. The Morgan fingerprint density at radius 3 is 2.17 bits per heavy atom. The Morgan fingerprint density at radius 1 is 0.878 bits per heavy atom. The molecule has 0 amide bonds. The van der Waals surface area contributed by atoms with E-state index in [2.05, 4.69) is 100 Å². The SMILES string of the molecule is CCN(CC)C1CCC1.CNc1nc(-c2ccc(N3CCN(C)CC3)cc2)nc2c1CN(Cc1ccccc1)CC2. The Labute approximate surface area is 247 Å². The van der Waals surface area contributed by atoms with E-state index in [-0.39, 0.29) is 0 Å². The summed E-state index contributed by atoms with van der Waals surface area (Å²) in [5.74, 6) is 1.76. The number of fused-ring (bicyclic) bond motifs is 1. The predicted octanol–water partition coefficient (Wildman–Crippen LogP) is 5.38. The summed E-state index contributed by atoms with van der Waals surface area (Å²) in [6, 6.07) is 20.4. The second-order valence-electron chi connectivity index (χ2n) is 11.7. The molecule has 2 fully saturated rings. The van der Waals surface area contributed by atoms with Gasteiger partial charge in [-0.1, -0.05) is 50.6 Å². The van der Waals surface area contributed by atoms with Crippen LogP contribution in [0.2, 0.25) is 0 Å². The third-order valence-corrected chi connectivity index (χ3v) is 9.02. The first-order valence-electron chi connectivity index (χ1n) is 15.7. The van der Waals surface area contributed by atoms with E-state index in [1.54, 1.807) is 0 Å². The maximum absolute atomic E-state index is 4.99. The zero-order valence-corrected chi connectivity index (χ0v) is 25.6. The highest BCUT2D eigenvalue weighted by molar-refractivity contribution is 5.63. The molecule has 3 heterocycles. The second kappa shape index (κ2) is 14.3. The third kappa shape index (κ3) is 7.45. The van der Waals surface area contributed by atoms with Crippen molar-refractivity contribution in [2.45, 2.75) is 58.7 Å². The van der Waals surface area contributed by atoms with E-state index in [1.165, 1.54) is 54.9 Å². The van der Waals surface area contributed by atoms with Crippen LogP contribution in [0.25, 0.3) is 11.4 Å². The number of piperazine rings is 1. The van der Waals surface area contributed by atoms with Crippen molar-refractivity contribution in [2.75, 3.05) is 70.1 Å². The van der Waals surface area contributed by atoms with Gasteiger partial charge in [0, 0.05) is 82.1 Å². The Hall–Kier alpha value is -3.00. The number of likely N-dealkylation sites (N-methyl/N-ethyl adjacent to an activating group) is 1. The molecule has 3 aliphatic rings. The molecule has 1 N–H and O–H groups in total. The molecule has 220 valence electrons. The quantitative estimate of drug-likeness (QED) is 0.401. The van der Waals surface area contributed by atoms with Crippen molar-refractivity contribution in [1.29, 1.82) is 0 Å². The van der Waals surface area contributed by atoms with Gasteiger partial charge in [0.15, 0.2) is 5.82 Å². The monoisotopic (exact) mass is 555 g/mol. The van der Waals surface area contributed by atoms with Crippen LogP contribution in [0.5, 0.6) is 0 Å². The Kier molecular flexibility index (Phi) is 10.3. The molecule has 0 radical (unpaired) electrons. The summed E-state index contributed by atoms with van der Waals surface area (Å²) in [6.45, 7) is 14.2. The van der Waals surface area contributed by atoms with Crippen LogP contribution in [0, 0.1) is 0 Å². The molecule has 0 unspecified atom stereocenters. The van der Waals surface area contributed by atoms with Crippen molar-refractivity contribution in [3.8, 4) is 11.4 Å². The molecular weight excluding hydrogens is 506 g/mol. The van der Waals surface area contributed by atoms with E-state index in [9.17, 15) is 0 Å². The van der Waals surface area contributed by atoms with Gasteiger partial charge < -0.3 is 20.0 Å². The maximum atomic E-state index is 4.99. The fourth-order valence-corrected chi connectivity index (χ4v) is 6.16. The third-order valence-electron chi connectivity index (χ3n) is 9.02. The van der Waals surface area contributed by atoms with Gasteiger partial charge in [0.1, 0.15) is 5.82 Å². The number of aromatic nitrogens is 2. The number of nitrogens with zero attached hydrogens (tertiary/aromatic N) is 6. The maximum Gasteiger partial charge on any atom is 0.161 e. The molecule has 1 saturated heterocycles. The van der Waals surface area contributed by atoms with Gasteiger partial charge in [-0.05, 0) is 62.8 Å². The zero-order chi connectivity index (χ0) is 28.6. The Morgan fingerprint density at radius 2 is 1.59 bits per heavy atom. The summed E-state index contributed by atoms with van der Waals surface area (Å²) in [6.07, 6.45) is 5.30. The lowest BCUT2D eigenvalue weighted by Crippen LogP contribution is -2.44. The van der Waals surface area contributed by atoms with E-state index in [4.69, 9.17) is 9.97 Å². The van der Waals surface area contributed by atoms with Crippen molar-refractivity contribution in [1.82, 2.24) is 24.7 Å². The van der Waals surface area contributed by atoms with Crippen molar-refractivity contribution >= 4 is 11.5 Å². The first-order valence-corrected chi connectivity index (χ1v) is 15.7. The Bertz CT molecular complexity index is 1200. The van der Waals surface area contributed by atoms with Gasteiger partial charge in [0.2, 0.25) is 0 Å². The summed E-state index contributed by atoms with van der Waals surface area (Å²) in [5, 5.41) is 3.33. The largest absolute Gasteiger partial charge is 0.373 e. The molecule has 7 heteroatoms. The van der Waals surface area contributed by atoms with Crippen molar-refractivity contribution < 1.29 is 0 Å². The average Bonchev–Trinajstić information content (AvgIpc) is 2.99. The van der Waals surface area contributed by atoms with Crippen molar-refractivity contribution in [2.24, 2.45) is 0 Å². The average molecular weight is 556 g/mol. The van der Waals surface area contributed by atoms with Gasteiger partial charge in [-0.2, -0.15) is 0 Å². The van der Waals surface area contributed by atoms with Gasteiger partial charge in [0.05, 0.1) is 5.69 Å². The molecule has 7 nitrogen and oxygen atoms in total. The summed E-state index contributed by atoms with van der Waals surface area (Å²) < 4.78 is 0. The number of rotatable bonds is 8. The van der Waals surface area contributed by atoms with E-state index >= 15 is 0 Å². The zero-order valence-electron chi connectivity index (χ0n) is 25.6.